The maximum absolute atomic E-state index is 12.4. The highest BCUT2D eigenvalue weighted by Crippen LogP contribution is 2.21. The van der Waals surface area contributed by atoms with E-state index >= 15 is 0 Å². The number of nitro benzene ring substituents is 1. The molecule has 0 aliphatic carbocycles. The fraction of sp³-hybridized carbons (Fsp3) is 0.100. The molecule has 3 aromatic rings. The molecular formula is C20H17N5O5. The summed E-state index contributed by atoms with van der Waals surface area (Å²) in [6.45, 7) is 1.02. The van der Waals surface area contributed by atoms with Crippen molar-refractivity contribution < 1.29 is 14.5 Å². The summed E-state index contributed by atoms with van der Waals surface area (Å²) in [6.07, 6.45) is 0. The van der Waals surface area contributed by atoms with E-state index in [1.165, 1.54) is 37.3 Å². The molecule has 0 aliphatic rings. The number of benzene rings is 2. The van der Waals surface area contributed by atoms with Crippen LogP contribution in [-0.4, -0.2) is 26.5 Å². The number of hydrogen-bond donors (Lipinski definition) is 2. The molecule has 152 valence electrons. The summed E-state index contributed by atoms with van der Waals surface area (Å²) < 4.78 is 0.973. The van der Waals surface area contributed by atoms with Crippen LogP contribution in [0.1, 0.15) is 6.92 Å². The lowest BCUT2D eigenvalue weighted by atomic mass is 10.1. The predicted molar refractivity (Wildman–Crippen MR) is 110 cm³/mol. The molecule has 1 heterocycles. The van der Waals surface area contributed by atoms with Gasteiger partial charge in [-0.2, -0.15) is 5.10 Å². The average Bonchev–Trinajstić information content (AvgIpc) is 2.69. The average molecular weight is 407 g/mol. The Kier molecular flexibility index (Phi) is 5.97. The van der Waals surface area contributed by atoms with Gasteiger partial charge in [-0.25, -0.2) is 4.68 Å². The van der Waals surface area contributed by atoms with E-state index in [1.807, 2.05) is 0 Å². The molecule has 2 amide bonds. The standard InChI is InChI=1S/C20H17N5O5/c1-13(26)21-15-5-3-6-16(11-15)22-19(27)12-24-20(28)9-8-18(23-24)14-4-2-7-17(10-14)25(29)30/h2-11H,12H2,1H3,(H,21,26)(H,22,27). The Bertz CT molecular complexity index is 1190. The second-order valence-corrected chi connectivity index (χ2v) is 6.33. The number of non-ortho nitro benzene ring substituents is 1. The molecule has 0 saturated carbocycles. The van der Waals surface area contributed by atoms with Crippen molar-refractivity contribution in [3.8, 4) is 11.3 Å². The third-order valence-corrected chi connectivity index (χ3v) is 3.98. The molecule has 3 rings (SSSR count). The first-order valence-electron chi connectivity index (χ1n) is 8.82. The number of nitrogens with one attached hydrogen (secondary N) is 2. The lowest BCUT2D eigenvalue weighted by molar-refractivity contribution is -0.384. The van der Waals surface area contributed by atoms with Crippen LogP contribution in [-0.2, 0) is 16.1 Å². The van der Waals surface area contributed by atoms with E-state index in [2.05, 4.69) is 15.7 Å². The largest absolute Gasteiger partial charge is 0.326 e. The first-order valence-corrected chi connectivity index (χ1v) is 8.82. The smallest absolute Gasteiger partial charge is 0.270 e. The van der Waals surface area contributed by atoms with Crippen molar-refractivity contribution >= 4 is 28.9 Å². The molecule has 0 radical (unpaired) electrons. The SMILES string of the molecule is CC(=O)Nc1cccc(NC(=O)Cn2nc(-c3cccc([N+](=O)[O-])c3)ccc2=O)c1. The predicted octanol–water partition coefficient (Wildman–Crippen LogP) is 2.42. The summed E-state index contributed by atoms with van der Waals surface area (Å²) in [7, 11) is 0. The maximum Gasteiger partial charge on any atom is 0.270 e. The molecule has 0 fully saturated rings. The Morgan fingerprint density at radius 2 is 1.73 bits per heavy atom. The Morgan fingerprint density at radius 3 is 2.43 bits per heavy atom. The monoisotopic (exact) mass is 407 g/mol. The Balaban J connectivity index is 1.78. The fourth-order valence-corrected chi connectivity index (χ4v) is 2.71. The van der Waals surface area contributed by atoms with Crippen LogP contribution in [0.2, 0.25) is 0 Å². The maximum atomic E-state index is 12.4. The highest BCUT2D eigenvalue weighted by atomic mass is 16.6. The highest BCUT2D eigenvalue weighted by Gasteiger charge is 2.11. The van der Waals surface area contributed by atoms with Crippen LogP contribution in [0.25, 0.3) is 11.3 Å². The number of nitro groups is 1. The Morgan fingerprint density at radius 1 is 1.03 bits per heavy atom. The minimum absolute atomic E-state index is 0.108. The molecule has 30 heavy (non-hydrogen) atoms. The number of anilines is 2. The van der Waals surface area contributed by atoms with Crippen molar-refractivity contribution in [1.82, 2.24) is 9.78 Å². The van der Waals surface area contributed by atoms with Crippen LogP contribution in [0, 0.1) is 10.1 Å². The van der Waals surface area contributed by atoms with E-state index in [9.17, 15) is 24.5 Å². The quantitative estimate of drug-likeness (QED) is 0.476. The third-order valence-electron chi connectivity index (χ3n) is 3.98. The molecule has 0 bridgehead atoms. The lowest BCUT2D eigenvalue weighted by Gasteiger charge is -2.09. The van der Waals surface area contributed by atoms with Crippen LogP contribution in [0.4, 0.5) is 17.1 Å². The summed E-state index contributed by atoms with van der Waals surface area (Å²) >= 11 is 0. The number of carbonyl (C=O) groups is 2. The van der Waals surface area contributed by atoms with Crippen molar-refractivity contribution in [2.24, 2.45) is 0 Å². The van der Waals surface area contributed by atoms with E-state index in [4.69, 9.17) is 0 Å². The molecule has 0 aliphatic heterocycles. The number of aromatic nitrogens is 2. The first kappa shape index (κ1) is 20.4. The zero-order chi connectivity index (χ0) is 21.7. The summed E-state index contributed by atoms with van der Waals surface area (Å²) in [5, 5.41) is 20.4. The minimum atomic E-state index is -0.526. The highest BCUT2D eigenvalue weighted by molar-refractivity contribution is 5.93. The van der Waals surface area contributed by atoms with Crippen LogP contribution < -0.4 is 16.2 Å². The van der Waals surface area contributed by atoms with Crippen LogP contribution in [0.15, 0.2) is 65.5 Å². The number of amides is 2. The van der Waals surface area contributed by atoms with Crippen molar-refractivity contribution in [1.29, 1.82) is 0 Å². The summed E-state index contributed by atoms with van der Waals surface area (Å²) in [5.74, 6) is -0.743. The van der Waals surface area contributed by atoms with Crippen molar-refractivity contribution in [2.75, 3.05) is 10.6 Å². The Hall–Kier alpha value is -4.34. The van der Waals surface area contributed by atoms with Crippen LogP contribution >= 0.6 is 0 Å². The second kappa shape index (κ2) is 8.78. The Labute approximate surface area is 170 Å². The number of nitrogens with zero attached hydrogens (tertiary/aromatic N) is 3. The van der Waals surface area contributed by atoms with E-state index in [0.717, 1.165) is 4.68 Å². The summed E-state index contributed by atoms with van der Waals surface area (Å²) in [5.41, 5.74) is 1.12. The van der Waals surface area contributed by atoms with Gasteiger partial charge in [-0.1, -0.05) is 18.2 Å². The van der Waals surface area contributed by atoms with Crippen LogP contribution in [0.3, 0.4) is 0 Å². The van der Waals surface area contributed by atoms with Gasteiger partial charge in [-0.3, -0.25) is 24.5 Å². The van der Waals surface area contributed by atoms with Crippen LogP contribution in [0.5, 0.6) is 0 Å². The molecule has 10 nitrogen and oxygen atoms in total. The van der Waals surface area contributed by atoms with E-state index < -0.39 is 16.4 Å². The normalized spacial score (nSPS) is 10.3. The number of carbonyl (C=O) groups excluding carboxylic acids is 2. The van der Waals surface area contributed by atoms with E-state index in [1.54, 1.807) is 30.3 Å². The second-order valence-electron chi connectivity index (χ2n) is 6.33. The van der Waals surface area contributed by atoms with Gasteiger partial charge in [0.25, 0.3) is 11.2 Å². The summed E-state index contributed by atoms with van der Waals surface area (Å²) in [6, 6.07) is 15.1. The number of rotatable bonds is 6. The zero-order valence-corrected chi connectivity index (χ0v) is 15.9. The van der Waals surface area contributed by atoms with Gasteiger partial charge in [0, 0.05) is 42.1 Å². The molecule has 1 aromatic heterocycles. The van der Waals surface area contributed by atoms with Crippen molar-refractivity contribution in [2.45, 2.75) is 13.5 Å². The lowest BCUT2D eigenvalue weighted by Crippen LogP contribution is -2.29. The van der Waals surface area contributed by atoms with E-state index in [0.29, 0.717) is 22.6 Å². The molecule has 0 atom stereocenters. The first-order chi connectivity index (χ1) is 14.3. The van der Waals surface area contributed by atoms with Gasteiger partial charge in [0.2, 0.25) is 11.8 Å². The van der Waals surface area contributed by atoms with Gasteiger partial charge in [0.05, 0.1) is 10.6 Å². The third kappa shape index (κ3) is 5.13. The van der Waals surface area contributed by atoms with Gasteiger partial charge in [0.15, 0.2) is 0 Å². The topological polar surface area (TPSA) is 136 Å². The van der Waals surface area contributed by atoms with Crippen molar-refractivity contribution in [3.05, 3.63) is 81.1 Å². The summed E-state index contributed by atoms with van der Waals surface area (Å²) in [4.78, 5) is 46.1. The molecule has 0 saturated heterocycles. The van der Waals surface area contributed by atoms with Gasteiger partial charge in [0.1, 0.15) is 6.54 Å². The number of hydrogen-bond acceptors (Lipinski definition) is 6. The molecule has 2 N–H and O–H groups in total. The van der Waals surface area contributed by atoms with Gasteiger partial charge >= 0.3 is 0 Å². The molecule has 2 aromatic carbocycles. The zero-order valence-electron chi connectivity index (χ0n) is 15.9. The molecule has 0 unspecified atom stereocenters. The van der Waals surface area contributed by atoms with Gasteiger partial charge in [-0.05, 0) is 24.3 Å². The minimum Gasteiger partial charge on any atom is -0.326 e. The molecule has 0 spiro atoms. The van der Waals surface area contributed by atoms with Crippen molar-refractivity contribution in [3.63, 3.8) is 0 Å². The van der Waals surface area contributed by atoms with E-state index in [-0.39, 0.29) is 18.1 Å². The fourth-order valence-electron chi connectivity index (χ4n) is 2.71. The molecule has 10 heteroatoms. The molecular weight excluding hydrogens is 390 g/mol. The van der Waals surface area contributed by atoms with Gasteiger partial charge in [-0.15, -0.1) is 0 Å². The van der Waals surface area contributed by atoms with Gasteiger partial charge < -0.3 is 10.6 Å².